The van der Waals surface area contributed by atoms with Crippen molar-refractivity contribution in [2.24, 2.45) is 0 Å². The van der Waals surface area contributed by atoms with Gasteiger partial charge in [0.1, 0.15) is 0 Å². The Kier molecular flexibility index (Phi) is 3.84. The number of benzene rings is 1. The largest absolute Gasteiger partial charge is 0.414 e. The predicted octanol–water partition coefficient (Wildman–Crippen LogP) is 3.68. The second-order valence-electron chi connectivity index (χ2n) is 3.36. The Morgan fingerprint density at radius 1 is 1.16 bits per heavy atom. The highest BCUT2D eigenvalue weighted by atomic mass is 35.5. The summed E-state index contributed by atoms with van der Waals surface area (Å²) in [6.07, 6.45) is 1.07. The van der Waals surface area contributed by atoms with Crippen molar-refractivity contribution in [2.45, 2.75) is 6.61 Å². The maximum absolute atomic E-state index is 13.0. The molecule has 0 amide bonds. The smallest absolute Gasteiger partial charge is 0.388 e. The lowest BCUT2D eigenvalue weighted by molar-refractivity contribution is -0.0530. The van der Waals surface area contributed by atoms with Crippen molar-refractivity contribution < 1.29 is 22.3 Å². The lowest BCUT2D eigenvalue weighted by atomic mass is 10.1. The Bertz CT molecular complexity index is 609. The van der Waals surface area contributed by atoms with Gasteiger partial charge in [0.2, 0.25) is 0 Å². The van der Waals surface area contributed by atoms with Crippen LogP contribution in [0.15, 0.2) is 24.4 Å². The zero-order valence-electron chi connectivity index (χ0n) is 9.08. The lowest BCUT2D eigenvalue weighted by Crippen LogP contribution is -2.05. The van der Waals surface area contributed by atoms with Crippen LogP contribution in [0, 0.1) is 11.6 Å². The summed E-state index contributed by atoms with van der Waals surface area (Å²) in [7, 11) is 0. The van der Waals surface area contributed by atoms with Crippen LogP contribution in [-0.4, -0.2) is 16.6 Å². The van der Waals surface area contributed by atoms with Crippen LogP contribution < -0.4 is 4.74 Å². The standard InChI is InChI=1S/C11H5ClF4N2O/c12-9-10(19-11(15)16)17-4-8(18-9)5-1-2-6(13)7(14)3-5/h1-4,11H. The number of ether oxygens (including phenoxy) is 1. The van der Waals surface area contributed by atoms with Gasteiger partial charge in [0.05, 0.1) is 11.9 Å². The van der Waals surface area contributed by atoms with E-state index in [0.717, 1.165) is 18.3 Å². The molecular weight excluding hydrogens is 288 g/mol. The molecule has 19 heavy (non-hydrogen) atoms. The molecule has 3 nitrogen and oxygen atoms in total. The molecule has 0 saturated heterocycles. The molecule has 100 valence electrons. The average molecular weight is 293 g/mol. The number of nitrogens with zero attached hydrogens (tertiary/aromatic N) is 2. The Morgan fingerprint density at radius 3 is 2.47 bits per heavy atom. The number of alkyl halides is 2. The van der Waals surface area contributed by atoms with Crippen molar-refractivity contribution in [1.29, 1.82) is 0 Å². The first kappa shape index (κ1) is 13.5. The molecule has 8 heteroatoms. The third kappa shape index (κ3) is 3.11. The van der Waals surface area contributed by atoms with Crippen molar-refractivity contribution in [2.75, 3.05) is 0 Å². The summed E-state index contributed by atoms with van der Waals surface area (Å²) >= 11 is 5.59. The summed E-state index contributed by atoms with van der Waals surface area (Å²) in [5.74, 6) is -2.62. The first-order valence-corrected chi connectivity index (χ1v) is 5.28. The van der Waals surface area contributed by atoms with E-state index in [0.29, 0.717) is 0 Å². The fourth-order valence-corrected chi connectivity index (χ4v) is 1.50. The van der Waals surface area contributed by atoms with E-state index in [1.165, 1.54) is 6.07 Å². The lowest BCUT2D eigenvalue weighted by Gasteiger charge is -2.06. The van der Waals surface area contributed by atoms with Gasteiger partial charge >= 0.3 is 6.61 Å². The van der Waals surface area contributed by atoms with E-state index in [1.807, 2.05) is 0 Å². The normalized spacial score (nSPS) is 10.8. The van der Waals surface area contributed by atoms with Gasteiger partial charge in [-0.1, -0.05) is 11.6 Å². The molecule has 0 radical (unpaired) electrons. The first-order chi connectivity index (χ1) is 8.97. The number of hydrogen-bond donors (Lipinski definition) is 0. The van der Waals surface area contributed by atoms with E-state index in [-0.39, 0.29) is 11.3 Å². The monoisotopic (exact) mass is 292 g/mol. The number of aromatic nitrogens is 2. The molecule has 1 aromatic heterocycles. The van der Waals surface area contributed by atoms with Gasteiger partial charge in [-0.15, -0.1) is 0 Å². The SMILES string of the molecule is Fc1ccc(-c2cnc(OC(F)F)c(Cl)n2)cc1F. The van der Waals surface area contributed by atoms with Gasteiger partial charge in [0.15, 0.2) is 16.8 Å². The van der Waals surface area contributed by atoms with Crippen LogP contribution in [0.2, 0.25) is 5.15 Å². The van der Waals surface area contributed by atoms with E-state index >= 15 is 0 Å². The molecule has 0 bridgehead atoms. The van der Waals surface area contributed by atoms with Crippen molar-refractivity contribution >= 4 is 11.6 Å². The van der Waals surface area contributed by atoms with Crippen LogP contribution in [0.5, 0.6) is 5.88 Å². The zero-order valence-corrected chi connectivity index (χ0v) is 9.84. The molecular formula is C11H5ClF4N2O. The molecule has 0 aliphatic heterocycles. The third-order valence-electron chi connectivity index (χ3n) is 2.12. The van der Waals surface area contributed by atoms with E-state index in [9.17, 15) is 17.6 Å². The second kappa shape index (κ2) is 5.40. The van der Waals surface area contributed by atoms with Gasteiger partial charge in [0, 0.05) is 5.56 Å². The number of hydrogen-bond acceptors (Lipinski definition) is 3. The van der Waals surface area contributed by atoms with Gasteiger partial charge in [0.25, 0.3) is 5.88 Å². The molecule has 1 heterocycles. The predicted molar refractivity (Wildman–Crippen MR) is 59.0 cm³/mol. The molecule has 0 atom stereocenters. The first-order valence-electron chi connectivity index (χ1n) is 4.90. The maximum atomic E-state index is 13.0. The van der Waals surface area contributed by atoms with Crippen LogP contribution in [0.1, 0.15) is 0 Å². The molecule has 2 rings (SSSR count). The highest BCUT2D eigenvalue weighted by Gasteiger charge is 2.13. The van der Waals surface area contributed by atoms with Crippen molar-refractivity contribution in [3.8, 4) is 17.1 Å². The summed E-state index contributed by atoms with van der Waals surface area (Å²) in [4.78, 5) is 7.26. The average Bonchev–Trinajstić information content (AvgIpc) is 2.35. The molecule has 2 aromatic rings. The third-order valence-corrected chi connectivity index (χ3v) is 2.36. The summed E-state index contributed by atoms with van der Waals surface area (Å²) < 4.78 is 53.8. The van der Waals surface area contributed by atoms with Gasteiger partial charge in [-0.05, 0) is 18.2 Å². The molecule has 0 aliphatic carbocycles. The highest BCUT2D eigenvalue weighted by molar-refractivity contribution is 6.30. The fourth-order valence-electron chi connectivity index (χ4n) is 1.31. The highest BCUT2D eigenvalue weighted by Crippen LogP contribution is 2.26. The molecule has 0 aliphatic rings. The van der Waals surface area contributed by atoms with Crippen molar-refractivity contribution in [3.05, 3.63) is 41.2 Å². The van der Waals surface area contributed by atoms with Crippen molar-refractivity contribution in [3.63, 3.8) is 0 Å². The van der Waals surface area contributed by atoms with Gasteiger partial charge < -0.3 is 4.74 Å². The Balaban J connectivity index is 2.36. The van der Waals surface area contributed by atoms with Crippen LogP contribution in [-0.2, 0) is 0 Å². The van der Waals surface area contributed by atoms with Crippen LogP contribution in [0.4, 0.5) is 17.6 Å². The van der Waals surface area contributed by atoms with Gasteiger partial charge in [-0.3, -0.25) is 0 Å². The minimum Gasteiger partial charge on any atom is -0.414 e. The second-order valence-corrected chi connectivity index (χ2v) is 3.72. The zero-order chi connectivity index (χ0) is 14.0. The summed E-state index contributed by atoms with van der Waals surface area (Å²) in [6.45, 7) is -3.08. The van der Waals surface area contributed by atoms with E-state index in [4.69, 9.17) is 11.6 Å². The quantitative estimate of drug-likeness (QED) is 0.810. The molecule has 1 aromatic carbocycles. The summed E-state index contributed by atoms with van der Waals surface area (Å²) in [6, 6.07) is 3.06. The van der Waals surface area contributed by atoms with E-state index in [2.05, 4.69) is 14.7 Å². The molecule has 0 N–H and O–H groups in total. The van der Waals surface area contributed by atoms with Gasteiger partial charge in [-0.2, -0.15) is 8.78 Å². The Hall–Kier alpha value is -1.89. The molecule has 0 spiro atoms. The molecule has 0 unspecified atom stereocenters. The van der Waals surface area contributed by atoms with E-state index < -0.39 is 29.3 Å². The summed E-state index contributed by atoms with van der Waals surface area (Å²) in [5, 5.41) is -0.400. The fraction of sp³-hybridized carbons (Fsp3) is 0.0909. The number of halogens is 5. The molecule has 0 saturated carbocycles. The summed E-state index contributed by atoms with van der Waals surface area (Å²) in [5.41, 5.74) is 0.308. The minimum atomic E-state index is -3.08. The van der Waals surface area contributed by atoms with Gasteiger partial charge in [-0.25, -0.2) is 18.7 Å². The number of rotatable bonds is 3. The topological polar surface area (TPSA) is 35.0 Å². The Morgan fingerprint density at radius 2 is 1.89 bits per heavy atom. The van der Waals surface area contributed by atoms with Crippen LogP contribution in [0.25, 0.3) is 11.3 Å². The van der Waals surface area contributed by atoms with Crippen molar-refractivity contribution in [1.82, 2.24) is 9.97 Å². The van der Waals surface area contributed by atoms with E-state index in [1.54, 1.807) is 0 Å². The minimum absolute atomic E-state index is 0.102. The van der Waals surface area contributed by atoms with Crippen LogP contribution in [0.3, 0.4) is 0 Å². The maximum Gasteiger partial charge on any atom is 0.388 e. The van der Waals surface area contributed by atoms with Crippen LogP contribution >= 0.6 is 11.6 Å². The Labute approximate surface area is 109 Å². The molecule has 0 fully saturated rings.